The van der Waals surface area contributed by atoms with Crippen molar-refractivity contribution in [2.45, 2.75) is 24.0 Å². The number of thiophene rings is 1. The molecule has 1 amide bonds. The average molecular weight is 382 g/mol. The quantitative estimate of drug-likeness (QED) is 0.726. The molecule has 1 aromatic rings. The van der Waals surface area contributed by atoms with Gasteiger partial charge in [-0.25, -0.2) is 8.42 Å². The van der Waals surface area contributed by atoms with Gasteiger partial charge in [-0.05, 0) is 38.9 Å². The lowest BCUT2D eigenvalue weighted by Gasteiger charge is -2.30. The molecule has 1 aromatic heterocycles. The van der Waals surface area contributed by atoms with Crippen LogP contribution in [0.5, 0.6) is 0 Å². The number of hydrogen-bond acceptors (Lipinski definition) is 5. The van der Waals surface area contributed by atoms with Crippen LogP contribution in [0, 0.1) is 12.8 Å². The van der Waals surface area contributed by atoms with Gasteiger partial charge in [0.25, 0.3) is 10.0 Å². The second-order valence-corrected chi connectivity index (χ2v) is 8.91. The Morgan fingerprint density at radius 1 is 1.39 bits per heavy atom. The zero-order valence-corrected chi connectivity index (χ0v) is 15.8. The highest BCUT2D eigenvalue weighted by atomic mass is 35.5. The molecule has 0 bridgehead atoms. The van der Waals surface area contributed by atoms with Crippen LogP contribution in [0.2, 0.25) is 0 Å². The van der Waals surface area contributed by atoms with Crippen molar-refractivity contribution in [2.75, 3.05) is 33.2 Å². The highest BCUT2D eigenvalue weighted by Crippen LogP contribution is 2.28. The SMILES string of the molecule is CNCCNC(=O)C1CCCN(S(=O)(=O)c2ccc(C)s2)C1.Cl. The van der Waals surface area contributed by atoms with E-state index in [9.17, 15) is 13.2 Å². The minimum atomic E-state index is -3.47. The number of amides is 1. The van der Waals surface area contributed by atoms with E-state index in [4.69, 9.17) is 0 Å². The molecule has 1 aliphatic heterocycles. The van der Waals surface area contributed by atoms with Crippen LogP contribution in [0.4, 0.5) is 0 Å². The van der Waals surface area contributed by atoms with Crippen LogP contribution in [0.3, 0.4) is 0 Å². The molecule has 1 atom stereocenters. The first-order valence-electron chi connectivity index (χ1n) is 7.44. The summed E-state index contributed by atoms with van der Waals surface area (Å²) in [6, 6.07) is 3.45. The first kappa shape index (κ1) is 20.4. The van der Waals surface area contributed by atoms with Gasteiger partial charge in [0.15, 0.2) is 0 Å². The van der Waals surface area contributed by atoms with Crippen molar-refractivity contribution in [3.63, 3.8) is 0 Å². The molecule has 1 unspecified atom stereocenters. The van der Waals surface area contributed by atoms with Crippen molar-refractivity contribution < 1.29 is 13.2 Å². The number of halogens is 1. The maximum atomic E-state index is 12.6. The summed E-state index contributed by atoms with van der Waals surface area (Å²) in [4.78, 5) is 13.1. The van der Waals surface area contributed by atoms with E-state index >= 15 is 0 Å². The van der Waals surface area contributed by atoms with E-state index in [0.717, 1.165) is 11.3 Å². The van der Waals surface area contributed by atoms with Crippen molar-refractivity contribution in [1.29, 1.82) is 0 Å². The molecular formula is C14H24ClN3O3S2. The van der Waals surface area contributed by atoms with Crippen LogP contribution in [-0.4, -0.2) is 51.9 Å². The Kier molecular flexibility index (Phi) is 7.96. The summed E-state index contributed by atoms with van der Waals surface area (Å²) < 4.78 is 27.1. The summed E-state index contributed by atoms with van der Waals surface area (Å²) in [6.07, 6.45) is 1.45. The zero-order chi connectivity index (χ0) is 16.2. The number of rotatable bonds is 6. The Bertz CT molecular complexity index is 619. The van der Waals surface area contributed by atoms with E-state index in [-0.39, 0.29) is 30.8 Å². The fraction of sp³-hybridized carbons (Fsp3) is 0.643. The Balaban J connectivity index is 0.00000264. The number of nitrogens with one attached hydrogen (secondary N) is 2. The lowest BCUT2D eigenvalue weighted by atomic mass is 9.99. The number of aryl methyl sites for hydroxylation is 1. The molecule has 9 heteroatoms. The van der Waals surface area contributed by atoms with Crippen LogP contribution in [0.1, 0.15) is 17.7 Å². The summed E-state index contributed by atoms with van der Waals surface area (Å²) in [6.45, 7) is 3.90. The Morgan fingerprint density at radius 3 is 2.74 bits per heavy atom. The van der Waals surface area contributed by atoms with Crippen molar-refractivity contribution in [3.8, 4) is 0 Å². The molecule has 2 heterocycles. The van der Waals surface area contributed by atoms with Gasteiger partial charge in [0.1, 0.15) is 4.21 Å². The van der Waals surface area contributed by atoms with Crippen LogP contribution in [0.25, 0.3) is 0 Å². The van der Waals surface area contributed by atoms with Gasteiger partial charge in [-0.15, -0.1) is 23.7 Å². The highest BCUT2D eigenvalue weighted by molar-refractivity contribution is 7.91. The minimum Gasteiger partial charge on any atom is -0.355 e. The summed E-state index contributed by atoms with van der Waals surface area (Å²) in [5.41, 5.74) is 0. The number of nitrogens with zero attached hydrogens (tertiary/aromatic N) is 1. The Labute approximate surface area is 148 Å². The van der Waals surface area contributed by atoms with Crippen molar-refractivity contribution in [1.82, 2.24) is 14.9 Å². The Morgan fingerprint density at radius 2 is 2.13 bits per heavy atom. The van der Waals surface area contributed by atoms with Gasteiger partial charge >= 0.3 is 0 Å². The fourth-order valence-corrected chi connectivity index (χ4v) is 5.47. The first-order valence-corrected chi connectivity index (χ1v) is 9.69. The molecule has 132 valence electrons. The molecular weight excluding hydrogens is 358 g/mol. The van der Waals surface area contributed by atoms with E-state index in [2.05, 4.69) is 10.6 Å². The molecule has 0 aromatic carbocycles. The van der Waals surface area contributed by atoms with Crippen molar-refractivity contribution >= 4 is 39.7 Å². The van der Waals surface area contributed by atoms with Crippen molar-refractivity contribution in [3.05, 3.63) is 17.0 Å². The maximum absolute atomic E-state index is 12.6. The van der Waals surface area contributed by atoms with Gasteiger partial charge in [-0.2, -0.15) is 4.31 Å². The topological polar surface area (TPSA) is 78.5 Å². The lowest BCUT2D eigenvalue weighted by Crippen LogP contribution is -2.46. The van der Waals surface area contributed by atoms with Gasteiger partial charge in [0.05, 0.1) is 5.92 Å². The van der Waals surface area contributed by atoms with Gasteiger partial charge < -0.3 is 10.6 Å². The van der Waals surface area contributed by atoms with E-state index in [1.165, 1.54) is 15.6 Å². The summed E-state index contributed by atoms with van der Waals surface area (Å²) in [7, 11) is -1.65. The van der Waals surface area contributed by atoms with E-state index in [1.54, 1.807) is 6.07 Å². The van der Waals surface area contributed by atoms with Crippen LogP contribution < -0.4 is 10.6 Å². The normalized spacial score (nSPS) is 19.1. The predicted octanol–water partition coefficient (Wildman–Crippen LogP) is 1.21. The van der Waals surface area contributed by atoms with Crippen molar-refractivity contribution in [2.24, 2.45) is 5.92 Å². The van der Waals surface area contributed by atoms with E-state index < -0.39 is 10.0 Å². The molecule has 0 aliphatic carbocycles. The molecule has 1 fully saturated rings. The molecule has 0 spiro atoms. The van der Waals surface area contributed by atoms with Crippen LogP contribution in [0.15, 0.2) is 16.3 Å². The smallest absolute Gasteiger partial charge is 0.252 e. The van der Waals surface area contributed by atoms with Gasteiger partial charge in [-0.1, -0.05) is 0 Å². The Hall–Kier alpha value is -0.670. The van der Waals surface area contributed by atoms with E-state index in [0.29, 0.717) is 30.3 Å². The second kappa shape index (κ2) is 8.98. The molecule has 23 heavy (non-hydrogen) atoms. The third-order valence-corrected chi connectivity index (χ3v) is 7.07. The number of piperidine rings is 1. The van der Waals surface area contributed by atoms with Gasteiger partial charge in [0, 0.05) is 31.1 Å². The summed E-state index contributed by atoms with van der Waals surface area (Å²) in [5, 5.41) is 5.81. The molecule has 1 saturated heterocycles. The third kappa shape index (κ3) is 5.15. The monoisotopic (exact) mass is 381 g/mol. The average Bonchev–Trinajstić information content (AvgIpc) is 2.95. The molecule has 0 saturated carbocycles. The minimum absolute atomic E-state index is 0. The van der Waals surface area contributed by atoms with Crippen LogP contribution in [-0.2, 0) is 14.8 Å². The lowest BCUT2D eigenvalue weighted by molar-refractivity contribution is -0.126. The maximum Gasteiger partial charge on any atom is 0.252 e. The molecule has 0 radical (unpaired) electrons. The standard InChI is InChI=1S/C14H23N3O3S2.ClH/c1-11-5-6-13(21-11)22(19,20)17-9-3-4-12(10-17)14(18)16-8-7-15-2;/h5-6,12,15H,3-4,7-10H2,1-2H3,(H,16,18);1H. The number of hydrogen-bond donors (Lipinski definition) is 2. The largest absolute Gasteiger partial charge is 0.355 e. The molecule has 2 rings (SSSR count). The molecule has 1 aliphatic rings. The number of sulfonamides is 1. The first-order chi connectivity index (χ1) is 10.4. The van der Waals surface area contributed by atoms with Gasteiger partial charge in [-0.3, -0.25) is 4.79 Å². The second-order valence-electron chi connectivity index (χ2n) is 5.46. The fourth-order valence-electron chi connectivity index (χ4n) is 2.51. The molecule has 2 N–H and O–H groups in total. The highest BCUT2D eigenvalue weighted by Gasteiger charge is 2.33. The van der Waals surface area contributed by atoms with Gasteiger partial charge in [0.2, 0.25) is 5.91 Å². The number of carbonyl (C=O) groups is 1. The third-order valence-electron chi connectivity index (χ3n) is 3.74. The number of carbonyl (C=O) groups excluding carboxylic acids is 1. The number of likely N-dealkylation sites (N-methyl/N-ethyl adjacent to an activating group) is 1. The molecule has 6 nitrogen and oxygen atoms in total. The summed E-state index contributed by atoms with van der Waals surface area (Å²) in [5.74, 6) is -0.320. The zero-order valence-electron chi connectivity index (χ0n) is 13.4. The summed E-state index contributed by atoms with van der Waals surface area (Å²) >= 11 is 1.28. The predicted molar refractivity (Wildman–Crippen MR) is 94.7 cm³/mol. The van der Waals surface area contributed by atoms with E-state index in [1.807, 2.05) is 20.0 Å². The van der Waals surface area contributed by atoms with Crippen LogP contribution >= 0.6 is 23.7 Å².